The molecule has 1 heterocycles. The zero-order valence-corrected chi connectivity index (χ0v) is 11.1. The van der Waals surface area contributed by atoms with Crippen LogP contribution in [0.4, 0.5) is 5.69 Å². The van der Waals surface area contributed by atoms with E-state index in [0.29, 0.717) is 4.90 Å². The number of nitrogens with one attached hydrogen (secondary N) is 1. The van der Waals surface area contributed by atoms with E-state index in [1.165, 1.54) is 12.8 Å². The molecule has 0 aromatic heterocycles. The van der Waals surface area contributed by atoms with Crippen LogP contribution in [-0.4, -0.2) is 27.5 Å². The first-order valence-corrected chi connectivity index (χ1v) is 8.01. The van der Waals surface area contributed by atoms with Gasteiger partial charge in [0.1, 0.15) is 0 Å². The Morgan fingerprint density at radius 2 is 1.67 bits per heavy atom. The van der Waals surface area contributed by atoms with Crippen LogP contribution in [-0.2, 0) is 10.0 Å². The smallest absolute Gasteiger partial charge is 0.240 e. The van der Waals surface area contributed by atoms with Gasteiger partial charge in [-0.2, -0.15) is 0 Å². The maximum Gasteiger partial charge on any atom is 0.240 e. The van der Waals surface area contributed by atoms with E-state index in [0.717, 1.165) is 31.6 Å². The van der Waals surface area contributed by atoms with E-state index in [1.54, 1.807) is 12.1 Å². The van der Waals surface area contributed by atoms with Gasteiger partial charge < -0.3 is 4.90 Å². The lowest BCUT2D eigenvalue weighted by Crippen LogP contribution is -2.25. The Hall–Kier alpha value is -1.07. The molecule has 0 amide bonds. The highest BCUT2D eigenvalue weighted by Gasteiger charge is 2.27. The van der Waals surface area contributed by atoms with E-state index in [9.17, 15) is 8.42 Å². The van der Waals surface area contributed by atoms with Crippen molar-refractivity contribution in [3.05, 3.63) is 24.3 Å². The molecule has 0 unspecified atom stereocenters. The molecule has 1 aliphatic carbocycles. The van der Waals surface area contributed by atoms with E-state index in [2.05, 4.69) is 9.62 Å². The fourth-order valence-electron chi connectivity index (χ4n) is 2.30. The number of hydrogen-bond acceptors (Lipinski definition) is 3. The number of sulfonamides is 1. The predicted molar refractivity (Wildman–Crippen MR) is 71.2 cm³/mol. The molecule has 98 valence electrons. The lowest BCUT2D eigenvalue weighted by Gasteiger charge is -2.17. The minimum Gasteiger partial charge on any atom is -0.372 e. The van der Waals surface area contributed by atoms with Crippen molar-refractivity contribution < 1.29 is 8.42 Å². The molecule has 1 aromatic rings. The van der Waals surface area contributed by atoms with Crippen molar-refractivity contribution in [2.45, 2.75) is 36.6 Å². The second kappa shape index (κ2) is 4.55. The zero-order valence-electron chi connectivity index (χ0n) is 10.3. The highest BCUT2D eigenvalue weighted by Crippen LogP contribution is 2.24. The van der Waals surface area contributed by atoms with E-state index < -0.39 is 10.0 Å². The molecule has 1 saturated heterocycles. The monoisotopic (exact) mass is 266 g/mol. The van der Waals surface area contributed by atoms with Crippen LogP contribution >= 0.6 is 0 Å². The summed E-state index contributed by atoms with van der Waals surface area (Å²) in [5.74, 6) is 0. The molecule has 2 aliphatic rings. The molecule has 0 atom stereocenters. The number of rotatable bonds is 4. The van der Waals surface area contributed by atoms with Crippen molar-refractivity contribution in [3.8, 4) is 0 Å². The van der Waals surface area contributed by atoms with Gasteiger partial charge >= 0.3 is 0 Å². The van der Waals surface area contributed by atoms with Crippen LogP contribution in [0.1, 0.15) is 25.7 Å². The molecule has 0 radical (unpaired) electrons. The highest BCUT2D eigenvalue weighted by atomic mass is 32.2. The van der Waals surface area contributed by atoms with E-state index >= 15 is 0 Å². The lowest BCUT2D eigenvalue weighted by atomic mass is 10.3. The summed E-state index contributed by atoms with van der Waals surface area (Å²) in [4.78, 5) is 2.67. The summed E-state index contributed by atoms with van der Waals surface area (Å²) in [5.41, 5.74) is 1.12. The third kappa shape index (κ3) is 2.52. The Morgan fingerprint density at radius 3 is 2.22 bits per heavy atom. The maximum absolute atomic E-state index is 12.0. The zero-order chi connectivity index (χ0) is 12.6. The normalized spacial score (nSPS) is 20.3. The minimum atomic E-state index is -3.31. The third-order valence-electron chi connectivity index (χ3n) is 3.52. The van der Waals surface area contributed by atoms with Crippen molar-refractivity contribution in [2.24, 2.45) is 0 Å². The summed E-state index contributed by atoms with van der Waals surface area (Å²) in [5, 5.41) is 0. The Morgan fingerprint density at radius 1 is 1.06 bits per heavy atom. The second-order valence-electron chi connectivity index (χ2n) is 5.08. The second-order valence-corrected chi connectivity index (χ2v) is 6.80. The average molecular weight is 266 g/mol. The standard InChI is InChI=1S/C13H18N2O2S/c16-18(17,14-11-3-4-11)13-7-5-12(6-8-13)15-9-1-2-10-15/h5-8,11,14H,1-4,9-10H2. The molecule has 4 nitrogen and oxygen atoms in total. The van der Waals surface area contributed by atoms with Gasteiger partial charge in [-0.1, -0.05) is 0 Å². The van der Waals surface area contributed by atoms with Crippen molar-refractivity contribution in [3.63, 3.8) is 0 Å². The van der Waals surface area contributed by atoms with Gasteiger partial charge in [0, 0.05) is 24.8 Å². The minimum absolute atomic E-state index is 0.160. The molecule has 1 saturated carbocycles. The summed E-state index contributed by atoms with van der Waals surface area (Å²) >= 11 is 0. The Kier molecular flexibility index (Phi) is 3.03. The SMILES string of the molecule is O=S(=O)(NC1CC1)c1ccc(N2CCCC2)cc1. The first-order chi connectivity index (χ1) is 8.65. The molecule has 1 N–H and O–H groups in total. The summed E-state index contributed by atoms with van der Waals surface area (Å²) in [6, 6.07) is 7.39. The van der Waals surface area contributed by atoms with Crippen LogP contribution in [0.2, 0.25) is 0 Å². The van der Waals surface area contributed by atoms with E-state index in [4.69, 9.17) is 0 Å². The molecular weight excluding hydrogens is 248 g/mol. The lowest BCUT2D eigenvalue weighted by molar-refractivity contribution is 0.581. The van der Waals surface area contributed by atoms with Crippen LogP contribution in [0.25, 0.3) is 0 Å². The molecule has 1 aromatic carbocycles. The van der Waals surface area contributed by atoms with Gasteiger partial charge in [0.25, 0.3) is 0 Å². The summed E-state index contributed by atoms with van der Waals surface area (Å²) in [7, 11) is -3.31. The van der Waals surface area contributed by atoms with Gasteiger partial charge in [-0.25, -0.2) is 13.1 Å². The Balaban J connectivity index is 1.77. The fourth-order valence-corrected chi connectivity index (χ4v) is 3.61. The average Bonchev–Trinajstić information content (AvgIpc) is 2.99. The van der Waals surface area contributed by atoms with E-state index in [-0.39, 0.29) is 6.04 Å². The fraction of sp³-hybridized carbons (Fsp3) is 0.538. The van der Waals surface area contributed by atoms with Crippen LogP contribution in [0.3, 0.4) is 0 Å². The number of nitrogens with zero attached hydrogens (tertiary/aromatic N) is 1. The van der Waals surface area contributed by atoms with Gasteiger partial charge in [-0.05, 0) is 49.9 Å². The molecular formula is C13H18N2O2S. The molecule has 0 spiro atoms. The topological polar surface area (TPSA) is 49.4 Å². The Labute approximate surface area is 108 Å². The largest absolute Gasteiger partial charge is 0.372 e. The van der Waals surface area contributed by atoms with Gasteiger partial charge in [-0.15, -0.1) is 0 Å². The van der Waals surface area contributed by atoms with Crippen LogP contribution in [0.15, 0.2) is 29.2 Å². The predicted octanol–water partition coefficient (Wildman–Crippen LogP) is 1.73. The van der Waals surface area contributed by atoms with Gasteiger partial charge in [0.15, 0.2) is 0 Å². The number of hydrogen-bond donors (Lipinski definition) is 1. The number of benzene rings is 1. The van der Waals surface area contributed by atoms with Gasteiger partial charge in [0.2, 0.25) is 10.0 Å². The third-order valence-corrected chi connectivity index (χ3v) is 5.05. The van der Waals surface area contributed by atoms with Crippen molar-refractivity contribution >= 4 is 15.7 Å². The first-order valence-electron chi connectivity index (χ1n) is 6.52. The van der Waals surface area contributed by atoms with Gasteiger partial charge in [0.05, 0.1) is 4.90 Å². The molecule has 1 aliphatic heterocycles. The van der Waals surface area contributed by atoms with Gasteiger partial charge in [-0.3, -0.25) is 0 Å². The quantitative estimate of drug-likeness (QED) is 0.903. The summed E-state index contributed by atoms with van der Waals surface area (Å²) in [6.45, 7) is 2.15. The van der Waals surface area contributed by atoms with Crippen molar-refractivity contribution in [2.75, 3.05) is 18.0 Å². The molecule has 18 heavy (non-hydrogen) atoms. The highest BCUT2D eigenvalue weighted by molar-refractivity contribution is 7.89. The molecule has 5 heteroatoms. The van der Waals surface area contributed by atoms with Crippen molar-refractivity contribution in [1.29, 1.82) is 0 Å². The summed E-state index contributed by atoms with van der Waals surface area (Å²) < 4.78 is 26.7. The number of anilines is 1. The molecule has 2 fully saturated rings. The summed E-state index contributed by atoms with van der Waals surface area (Å²) in [6.07, 6.45) is 4.38. The molecule has 0 bridgehead atoms. The van der Waals surface area contributed by atoms with E-state index in [1.807, 2.05) is 12.1 Å². The molecule has 3 rings (SSSR count). The Bertz CT molecular complexity index is 514. The van der Waals surface area contributed by atoms with Crippen molar-refractivity contribution in [1.82, 2.24) is 4.72 Å². The maximum atomic E-state index is 12.0. The van der Waals surface area contributed by atoms with Crippen LogP contribution in [0, 0.1) is 0 Å². The first kappa shape index (κ1) is 12.0. The van der Waals surface area contributed by atoms with Crippen LogP contribution in [0.5, 0.6) is 0 Å². The van der Waals surface area contributed by atoms with Crippen LogP contribution < -0.4 is 9.62 Å².